The second-order valence-corrected chi connectivity index (χ2v) is 5.95. The minimum absolute atomic E-state index is 0.0512. The van der Waals surface area contributed by atoms with Crippen LogP contribution in [-0.4, -0.2) is 27.4 Å². The highest BCUT2D eigenvalue weighted by Crippen LogP contribution is 2.29. The smallest absolute Gasteiger partial charge is 0.296 e. The van der Waals surface area contributed by atoms with Crippen LogP contribution < -0.4 is 15.6 Å². The molecule has 1 N–H and O–H groups in total. The molecule has 0 aliphatic rings. The number of carbonyl (C=O) groups excluding carboxylic acids is 1. The molecule has 3 rings (SSSR count). The Bertz CT molecular complexity index is 1200. The summed E-state index contributed by atoms with van der Waals surface area (Å²) in [5.41, 5.74) is -0.738. The van der Waals surface area contributed by atoms with E-state index in [1.165, 1.54) is 55.6 Å². The Morgan fingerprint density at radius 3 is 2.48 bits per heavy atom. The van der Waals surface area contributed by atoms with E-state index in [9.17, 15) is 29.8 Å². The molecule has 1 heterocycles. The number of fused-ring (bicyclic) bond motifs is 1. The molecule has 1 amide bonds. The zero-order chi connectivity index (χ0) is 21.1. The van der Waals surface area contributed by atoms with Crippen molar-refractivity contribution in [1.29, 1.82) is 0 Å². The van der Waals surface area contributed by atoms with Crippen LogP contribution in [0.15, 0.2) is 53.3 Å². The summed E-state index contributed by atoms with van der Waals surface area (Å²) in [6.07, 6.45) is 0. The molecule has 29 heavy (non-hydrogen) atoms. The lowest BCUT2D eigenvalue weighted by Gasteiger charge is -2.11. The third-order valence-corrected chi connectivity index (χ3v) is 4.16. The summed E-state index contributed by atoms with van der Waals surface area (Å²) in [5, 5.41) is 25.0. The predicted molar refractivity (Wildman–Crippen MR) is 103 cm³/mol. The molecule has 0 spiro atoms. The number of methoxy groups -OCH3 is 1. The van der Waals surface area contributed by atoms with Crippen molar-refractivity contribution in [2.75, 3.05) is 12.4 Å². The van der Waals surface area contributed by atoms with E-state index >= 15 is 0 Å². The van der Waals surface area contributed by atoms with E-state index < -0.39 is 27.9 Å². The highest BCUT2D eigenvalue weighted by atomic mass is 16.6. The lowest BCUT2D eigenvalue weighted by molar-refractivity contribution is -0.384. The number of amides is 1. The summed E-state index contributed by atoms with van der Waals surface area (Å²) >= 11 is 0. The zero-order valence-electron chi connectivity index (χ0n) is 15.0. The van der Waals surface area contributed by atoms with Gasteiger partial charge in [-0.3, -0.25) is 34.4 Å². The minimum atomic E-state index is -0.675. The quantitative estimate of drug-likeness (QED) is 0.495. The number of pyridine rings is 1. The largest absolute Gasteiger partial charge is 0.496 e. The molecule has 148 valence electrons. The van der Waals surface area contributed by atoms with Crippen LogP contribution in [0, 0.1) is 20.2 Å². The average Bonchev–Trinajstić information content (AvgIpc) is 2.69. The molecule has 0 saturated carbocycles. The van der Waals surface area contributed by atoms with Gasteiger partial charge in [0.05, 0.1) is 28.5 Å². The molecule has 3 aromatic rings. The van der Waals surface area contributed by atoms with Crippen LogP contribution in [0.1, 0.15) is 0 Å². The van der Waals surface area contributed by atoms with Gasteiger partial charge in [-0.1, -0.05) is 0 Å². The van der Waals surface area contributed by atoms with Gasteiger partial charge in [-0.05, 0) is 24.3 Å². The summed E-state index contributed by atoms with van der Waals surface area (Å²) in [4.78, 5) is 45.6. The molecule has 1 aromatic heterocycles. The summed E-state index contributed by atoms with van der Waals surface area (Å²) < 4.78 is 6.07. The molecule has 0 saturated heterocycles. The van der Waals surface area contributed by atoms with Crippen LogP contribution >= 0.6 is 0 Å². The molecule has 0 bridgehead atoms. The summed E-state index contributed by atoms with van der Waals surface area (Å²) in [5.74, 6) is -0.423. The van der Waals surface area contributed by atoms with Gasteiger partial charge in [0.2, 0.25) is 5.91 Å². The summed E-state index contributed by atoms with van der Waals surface area (Å²) in [6, 6.07) is 10.4. The van der Waals surface area contributed by atoms with Crippen LogP contribution in [0.5, 0.6) is 5.75 Å². The predicted octanol–water partition coefficient (Wildman–Crippen LogP) is 2.47. The van der Waals surface area contributed by atoms with E-state index in [-0.39, 0.29) is 22.8 Å². The minimum Gasteiger partial charge on any atom is -0.496 e. The molecule has 0 aliphatic heterocycles. The van der Waals surface area contributed by atoms with Gasteiger partial charge < -0.3 is 10.1 Å². The number of hydrogen-bond acceptors (Lipinski definition) is 7. The van der Waals surface area contributed by atoms with Gasteiger partial charge >= 0.3 is 0 Å². The first-order valence-corrected chi connectivity index (χ1v) is 8.20. The standard InChI is InChI=1S/C18H14N4O7/c1-29-13-4-5-14(16(9-13)22(27)28)19-17(23)10-20-15-6-3-12(21(25)26)8-11(15)2-7-18(20)24/h2-9H,10H2,1H3,(H,19,23). The number of hydrogen-bond donors (Lipinski definition) is 1. The molecule has 0 unspecified atom stereocenters. The number of nitrogens with zero attached hydrogens (tertiary/aromatic N) is 3. The molecule has 2 aromatic carbocycles. The molecule has 11 nitrogen and oxygen atoms in total. The monoisotopic (exact) mass is 398 g/mol. The molecular weight excluding hydrogens is 384 g/mol. The van der Waals surface area contributed by atoms with Gasteiger partial charge in [-0.25, -0.2) is 0 Å². The van der Waals surface area contributed by atoms with Crippen molar-refractivity contribution in [3.05, 3.63) is 79.1 Å². The molecule has 0 fully saturated rings. The number of non-ortho nitro benzene ring substituents is 1. The Labute approximate surface area is 162 Å². The van der Waals surface area contributed by atoms with Crippen molar-refractivity contribution >= 4 is 33.9 Å². The fourth-order valence-electron chi connectivity index (χ4n) is 2.80. The van der Waals surface area contributed by atoms with Crippen LogP contribution in [0.3, 0.4) is 0 Å². The number of aromatic nitrogens is 1. The summed E-state index contributed by atoms with van der Waals surface area (Å²) in [7, 11) is 1.36. The number of nitrogens with one attached hydrogen (secondary N) is 1. The number of carbonyl (C=O) groups is 1. The van der Waals surface area contributed by atoms with Crippen molar-refractivity contribution < 1.29 is 19.4 Å². The Morgan fingerprint density at radius 1 is 1.07 bits per heavy atom. The molecular formula is C18H14N4O7. The van der Waals surface area contributed by atoms with Crippen LogP contribution in [-0.2, 0) is 11.3 Å². The van der Waals surface area contributed by atoms with Crippen molar-refractivity contribution in [1.82, 2.24) is 4.57 Å². The third-order valence-electron chi connectivity index (χ3n) is 4.16. The van der Waals surface area contributed by atoms with E-state index in [0.29, 0.717) is 10.9 Å². The Balaban J connectivity index is 1.93. The lowest BCUT2D eigenvalue weighted by Crippen LogP contribution is -2.27. The van der Waals surface area contributed by atoms with Gasteiger partial charge in [-0.15, -0.1) is 0 Å². The maximum absolute atomic E-state index is 12.4. The van der Waals surface area contributed by atoms with Gasteiger partial charge in [0.25, 0.3) is 16.9 Å². The first-order chi connectivity index (χ1) is 13.8. The van der Waals surface area contributed by atoms with Gasteiger partial charge in [0.1, 0.15) is 18.0 Å². The SMILES string of the molecule is COc1ccc(NC(=O)Cn2c(=O)ccc3cc([N+](=O)[O-])ccc32)c([N+](=O)[O-])c1. The van der Waals surface area contributed by atoms with Crippen LogP contribution in [0.4, 0.5) is 17.1 Å². The van der Waals surface area contributed by atoms with Crippen molar-refractivity contribution in [2.45, 2.75) is 6.54 Å². The highest BCUT2D eigenvalue weighted by Gasteiger charge is 2.18. The number of benzene rings is 2. The van der Waals surface area contributed by atoms with Crippen molar-refractivity contribution in [3.8, 4) is 5.75 Å². The van der Waals surface area contributed by atoms with Gasteiger partial charge in [0, 0.05) is 23.6 Å². The fraction of sp³-hybridized carbons (Fsp3) is 0.111. The maximum Gasteiger partial charge on any atom is 0.296 e. The third kappa shape index (κ3) is 4.03. The normalized spacial score (nSPS) is 10.5. The van der Waals surface area contributed by atoms with Gasteiger partial charge in [-0.2, -0.15) is 0 Å². The lowest BCUT2D eigenvalue weighted by atomic mass is 10.2. The Kier molecular flexibility index (Phi) is 5.21. The molecule has 11 heteroatoms. The number of nitro groups is 2. The maximum atomic E-state index is 12.4. The average molecular weight is 398 g/mol. The number of nitro benzene ring substituents is 2. The molecule has 0 aliphatic carbocycles. The second-order valence-electron chi connectivity index (χ2n) is 5.95. The number of anilines is 1. The van der Waals surface area contributed by atoms with Gasteiger partial charge in [0.15, 0.2) is 0 Å². The Hall–Kier alpha value is -4.28. The topological polar surface area (TPSA) is 147 Å². The zero-order valence-corrected chi connectivity index (χ0v) is 15.0. The molecule has 0 atom stereocenters. The van der Waals surface area contributed by atoms with Crippen LogP contribution in [0.2, 0.25) is 0 Å². The number of ether oxygens (including phenoxy) is 1. The van der Waals surface area contributed by atoms with E-state index in [1.54, 1.807) is 0 Å². The molecule has 0 radical (unpaired) electrons. The Morgan fingerprint density at radius 2 is 1.83 bits per heavy atom. The van der Waals surface area contributed by atoms with Crippen LogP contribution in [0.25, 0.3) is 10.9 Å². The van der Waals surface area contributed by atoms with Crippen molar-refractivity contribution in [2.24, 2.45) is 0 Å². The van der Waals surface area contributed by atoms with E-state index in [0.717, 1.165) is 4.57 Å². The van der Waals surface area contributed by atoms with E-state index in [2.05, 4.69) is 5.32 Å². The van der Waals surface area contributed by atoms with E-state index in [1.807, 2.05) is 0 Å². The summed E-state index contributed by atoms with van der Waals surface area (Å²) in [6.45, 7) is -0.433. The second kappa shape index (κ2) is 7.76. The first-order valence-electron chi connectivity index (χ1n) is 8.20. The first kappa shape index (κ1) is 19.5. The highest BCUT2D eigenvalue weighted by molar-refractivity contribution is 5.94. The number of rotatable bonds is 6. The fourth-order valence-corrected chi connectivity index (χ4v) is 2.80. The van der Waals surface area contributed by atoms with Crippen molar-refractivity contribution in [3.63, 3.8) is 0 Å². The van der Waals surface area contributed by atoms with E-state index in [4.69, 9.17) is 4.74 Å².